The lowest BCUT2D eigenvalue weighted by atomic mass is 10.1. The van der Waals surface area contributed by atoms with Gasteiger partial charge in [0.15, 0.2) is 11.4 Å². The molecule has 3 heterocycles. The molecule has 0 unspecified atom stereocenters. The van der Waals surface area contributed by atoms with Crippen molar-refractivity contribution in [2.24, 2.45) is 0 Å². The Kier molecular flexibility index (Phi) is 6.87. The highest BCUT2D eigenvalue weighted by Gasteiger charge is 2.16. The van der Waals surface area contributed by atoms with E-state index in [1.54, 1.807) is 10.9 Å². The summed E-state index contributed by atoms with van der Waals surface area (Å²) >= 11 is 0. The number of benzene rings is 1. The van der Waals surface area contributed by atoms with E-state index in [1.807, 2.05) is 43.3 Å². The van der Waals surface area contributed by atoms with Gasteiger partial charge in [0.2, 0.25) is 5.95 Å². The Morgan fingerprint density at radius 1 is 1.15 bits per heavy atom. The van der Waals surface area contributed by atoms with Crippen LogP contribution < -0.4 is 10.5 Å². The molecule has 9 nitrogen and oxygen atoms in total. The number of unbranched alkanes of at least 4 members (excludes halogenated alkanes) is 3. The highest BCUT2D eigenvalue weighted by molar-refractivity contribution is 5.89. The van der Waals surface area contributed by atoms with Crippen molar-refractivity contribution in [1.82, 2.24) is 19.7 Å². The lowest BCUT2D eigenvalue weighted by Gasteiger charge is -2.09. The van der Waals surface area contributed by atoms with Crippen LogP contribution in [0.1, 0.15) is 43.4 Å². The normalized spacial score (nSPS) is 11.2. The highest BCUT2D eigenvalue weighted by atomic mass is 16.5. The first-order valence-corrected chi connectivity index (χ1v) is 11.0. The minimum absolute atomic E-state index is 0.161. The molecule has 0 radical (unpaired) electrons. The minimum atomic E-state index is -0.741. The predicted octanol–water partition coefficient (Wildman–Crippen LogP) is 4.44. The Bertz CT molecular complexity index is 1250. The number of fused-ring (bicyclic) bond motifs is 1. The van der Waals surface area contributed by atoms with Gasteiger partial charge in [-0.3, -0.25) is 4.79 Å². The molecule has 172 valence electrons. The fraction of sp³-hybridized carbons (Fsp3) is 0.333. The van der Waals surface area contributed by atoms with Gasteiger partial charge >= 0.3 is 5.97 Å². The van der Waals surface area contributed by atoms with Gasteiger partial charge in [0.25, 0.3) is 0 Å². The van der Waals surface area contributed by atoms with E-state index in [2.05, 4.69) is 15.1 Å². The molecule has 0 aliphatic carbocycles. The Labute approximate surface area is 191 Å². The van der Waals surface area contributed by atoms with Gasteiger partial charge in [-0.1, -0.05) is 25.0 Å². The van der Waals surface area contributed by atoms with Crippen LogP contribution in [0.15, 0.2) is 47.0 Å². The van der Waals surface area contributed by atoms with E-state index in [-0.39, 0.29) is 12.4 Å². The molecule has 4 aromatic rings. The molecule has 9 heteroatoms. The summed E-state index contributed by atoms with van der Waals surface area (Å²) in [6.07, 6.45) is 5.39. The van der Waals surface area contributed by atoms with Crippen LogP contribution in [-0.2, 0) is 11.3 Å². The largest absolute Gasteiger partial charge is 0.494 e. The number of ether oxygens (including phenoxy) is 1. The van der Waals surface area contributed by atoms with E-state index in [0.717, 1.165) is 41.7 Å². The van der Waals surface area contributed by atoms with E-state index in [9.17, 15) is 4.79 Å². The van der Waals surface area contributed by atoms with Crippen LogP contribution in [0.4, 0.5) is 5.95 Å². The number of aromatic nitrogens is 4. The molecule has 0 aliphatic heterocycles. The maximum Gasteiger partial charge on any atom is 0.303 e. The average molecular weight is 450 g/mol. The monoisotopic (exact) mass is 449 g/mol. The third kappa shape index (κ3) is 5.68. The fourth-order valence-corrected chi connectivity index (χ4v) is 3.67. The van der Waals surface area contributed by atoms with E-state index >= 15 is 0 Å². The van der Waals surface area contributed by atoms with Gasteiger partial charge in [-0.2, -0.15) is 10.1 Å². The molecule has 0 bridgehead atoms. The number of carboxylic acid groups (broad SMARTS) is 1. The first kappa shape index (κ1) is 22.3. The number of hydrogen-bond acceptors (Lipinski definition) is 7. The maximum absolute atomic E-state index is 10.5. The molecular formula is C24H27N5O4. The Morgan fingerprint density at radius 3 is 2.79 bits per heavy atom. The predicted molar refractivity (Wildman–Crippen MR) is 124 cm³/mol. The molecule has 0 aliphatic rings. The van der Waals surface area contributed by atoms with E-state index in [0.29, 0.717) is 36.7 Å². The molecule has 0 saturated heterocycles. The van der Waals surface area contributed by atoms with Crippen molar-refractivity contribution in [2.75, 3.05) is 12.3 Å². The smallest absolute Gasteiger partial charge is 0.303 e. The molecule has 1 aromatic carbocycles. The van der Waals surface area contributed by atoms with Crippen LogP contribution in [0.2, 0.25) is 0 Å². The van der Waals surface area contributed by atoms with Crippen molar-refractivity contribution in [3.8, 4) is 17.2 Å². The van der Waals surface area contributed by atoms with Gasteiger partial charge in [-0.05, 0) is 49.6 Å². The van der Waals surface area contributed by atoms with E-state index < -0.39 is 5.97 Å². The van der Waals surface area contributed by atoms with Crippen LogP contribution in [0.5, 0.6) is 5.75 Å². The lowest BCUT2D eigenvalue weighted by Crippen LogP contribution is -2.05. The van der Waals surface area contributed by atoms with E-state index in [4.69, 9.17) is 20.0 Å². The molecule has 0 saturated carbocycles. The summed E-state index contributed by atoms with van der Waals surface area (Å²) in [5.74, 6) is 1.63. The standard InChI is InChI=1S/C24H27N5O4/c1-16-10-11-20(33-16)22-19-14-26-29(23(19)28-24(25)27-22)15-17-7-6-8-18(13-17)32-12-5-3-2-4-9-21(30)31/h6-8,10-11,13-14H,2-5,9,12,15H2,1H3,(H,30,31)(H2,25,27,28). The molecule has 33 heavy (non-hydrogen) atoms. The summed E-state index contributed by atoms with van der Waals surface area (Å²) in [5.41, 5.74) is 8.25. The number of aliphatic carboxylic acids is 1. The molecule has 0 fully saturated rings. The number of rotatable bonds is 11. The number of hydrogen-bond donors (Lipinski definition) is 2. The Hall–Kier alpha value is -3.88. The first-order valence-electron chi connectivity index (χ1n) is 11.0. The van der Waals surface area contributed by atoms with Crippen LogP contribution in [0.25, 0.3) is 22.5 Å². The van der Waals surface area contributed by atoms with Gasteiger partial charge in [0.05, 0.1) is 24.7 Å². The molecule has 0 atom stereocenters. The SMILES string of the molecule is Cc1ccc(-c2nc(N)nc3c2cnn3Cc2cccc(OCCCCCCC(=O)O)c2)o1. The fourth-order valence-electron chi connectivity index (χ4n) is 3.67. The second-order valence-corrected chi connectivity index (χ2v) is 7.93. The molecule has 3 N–H and O–H groups in total. The first-order chi connectivity index (χ1) is 16.0. The zero-order chi connectivity index (χ0) is 23.2. The molecular weight excluding hydrogens is 422 g/mol. The van der Waals surface area contributed by atoms with Crippen molar-refractivity contribution in [3.63, 3.8) is 0 Å². The summed E-state index contributed by atoms with van der Waals surface area (Å²) in [5, 5.41) is 14.0. The molecule has 4 rings (SSSR count). The van der Waals surface area contributed by atoms with Gasteiger partial charge in [0.1, 0.15) is 17.2 Å². The molecule has 0 spiro atoms. The van der Waals surface area contributed by atoms with Crippen molar-refractivity contribution in [2.45, 2.75) is 45.6 Å². The van der Waals surface area contributed by atoms with Crippen molar-refractivity contribution in [3.05, 3.63) is 53.9 Å². The molecule has 0 amide bonds. The number of carboxylic acids is 1. The molecule has 3 aromatic heterocycles. The van der Waals surface area contributed by atoms with Crippen molar-refractivity contribution < 1.29 is 19.1 Å². The van der Waals surface area contributed by atoms with Crippen molar-refractivity contribution >= 4 is 23.0 Å². The van der Waals surface area contributed by atoms with Gasteiger partial charge in [-0.15, -0.1) is 0 Å². The van der Waals surface area contributed by atoms with Crippen LogP contribution in [-0.4, -0.2) is 37.4 Å². The topological polar surface area (TPSA) is 129 Å². The zero-order valence-electron chi connectivity index (χ0n) is 18.5. The van der Waals surface area contributed by atoms with E-state index in [1.165, 1.54) is 0 Å². The Balaban J connectivity index is 1.42. The number of nitrogens with zero attached hydrogens (tertiary/aromatic N) is 4. The van der Waals surface area contributed by atoms with Crippen molar-refractivity contribution in [1.29, 1.82) is 0 Å². The third-order valence-corrected chi connectivity index (χ3v) is 5.27. The second-order valence-electron chi connectivity index (χ2n) is 7.93. The van der Waals surface area contributed by atoms with Crippen LogP contribution in [0, 0.1) is 6.92 Å². The maximum atomic E-state index is 10.5. The van der Waals surface area contributed by atoms with Gasteiger partial charge in [-0.25, -0.2) is 9.67 Å². The number of nitrogen functional groups attached to an aromatic ring is 1. The van der Waals surface area contributed by atoms with Gasteiger partial charge in [0, 0.05) is 6.42 Å². The summed E-state index contributed by atoms with van der Waals surface area (Å²) in [7, 11) is 0. The second kappa shape index (κ2) is 10.2. The summed E-state index contributed by atoms with van der Waals surface area (Å²) in [6, 6.07) is 11.6. The van der Waals surface area contributed by atoms with Gasteiger partial charge < -0.3 is 20.0 Å². The summed E-state index contributed by atoms with van der Waals surface area (Å²) in [4.78, 5) is 19.3. The summed E-state index contributed by atoms with van der Waals surface area (Å²) < 4.78 is 13.4. The highest BCUT2D eigenvalue weighted by Crippen LogP contribution is 2.28. The average Bonchev–Trinajstić information content (AvgIpc) is 3.39. The number of anilines is 1. The Morgan fingerprint density at radius 2 is 2.00 bits per heavy atom. The lowest BCUT2D eigenvalue weighted by molar-refractivity contribution is -0.137. The number of nitrogens with two attached hydrogens (primary N) is 1. The number of carbonyl (C=O) groups is 1. The zero-order valence-corrected chi connectivity index (χ0v) is 18.5. The third-order valence-electron chi connectivity index (χ3n) is 5.27. The number of furan rings is 1. The number of aryl methyl sites for hydroxylation is 1. The summed E-state index contributed by atoms with van der Waals surface area (Å²) in [6.45, 7) is 2.98. The van der Waals surface area contributed by atoms with Crippen LogP contribution in [0.3, 0.4) is 0 Å². The minimum Gasteiger partial charge on any atom is -0.494 e. The quantitative estimate of drug-likeness (QED) is 0.322. The van der Waals surface area contributed by atoms with Crippen LogP contribution >= 0.6 is 0 Å².